The average Bonchev–Trinajstić information content (AvgIpc) is 2.61. The van der Waals surface area contributed by atoms with Crippen LogP contribution in [0.4, 0.5) is 5.69 Å². The van der Waals surface area contributed by atoms with E-state index in [1.54, 1.807) is 12.1 Å². The number of hydrogen-bond acceptors (Lipinski definition) is 4. The molecule has 27 heavy (non-hydrogen) atoms. The quantitative estimate of drug-likeness (QED) is 0.643. The Bertz CT molecular complexity index is 874. The highest BCUT2D eigenvalue weighted by molar-refractivity contribution is 7.89. The van der Waals surface area contributed by atoms with Crippen molar-refractivity contribution in [1.29, 1.82) is 0 Å². The van der Waals surface area contributed by atoms with Crippen LogP contribution in [0.1, 0.15) is 30.9 Å². The van der Waals surface area contributed by atoms with Crippen molar-refractivity contribution >= 4 is 21.6 Å². The molecule has 0 radical (unpaired) electrons. The molecular weight excluding hydrogens is 364 g/mol. The van der Waals surface area contributed by atoms with Crippen molar-refractivity contribution in [3.05, 3.63) is 53.6 Å². The summed E-state index contributed by atoms with van der Waals surface area (Å²) in [5, 5.41) is 2.67. The van der Waals surface area contributed by atoms with E-state index in [1.807, 2.05) is 39.0 Å². The second-order valence-electron chi connectivity index (χ2n) is 6.34. The fourth-order valence-corrected chi connectivity index (χ4v) is 3.69. The first kappa shape index (κ1) is 20.9. The van der Waals surface area contributed by atoms with Gasteiger partial charge in [0.1, 0.15) is 5.75 Å². The Morgan fingerprint density at radius 3 is 2.41 bits per heavy atom. The van der Waals surface area contributed by atoms with Gasteiger partial charge in [0, 0.05) is 12.2 Å². The molecule has 2 aromatic rings. The number of benzene rings is 2. The minimum absolute atomic E-state index is 0.118. The molecule has 0 heterocycles. The van der Waals surface area contributed by atoms with Crippen LogP contribution in [0.3, 0.4) is 0 Å². The van der Waals surface area contributed by atoms with Crippen molar-refractivity contribution < 1.29 is 17.9 Å². The maximum Gasteiger partial charge on any atom is 0.262 e. The lowest BCUT2D eigenvalue weighted by Crippen LogP contribution is -2.25. The molecule has 0 spiro atoms. The number of para-hydroxylation sites is 1. The molecule has 0 aliphatic carbocycles. The smallest absolute Gasteiger partial charge is 0.262 e. The number of hydrogen-bond donors (Lipinski definition) is 2. The number of rotatable bonds is 9. The van der Waals surface area contributed by atoms with E-state index in [2.05, 4.69) is 10.0 Å². The Morgan fingerprint density at radius 2 is 1.74 bits per heavy atom. The summed E-state index contributed by atoms with van der Waals surface area (Å²) in [5.41, 5.74) is 2.31. The summed E-state index contributed by atoms with van der Waals surface area (Å²) in [6.07, 6.45) is 1.67. The van der Waals surface area contributed by atoms with Crippen LogP contribution < -0.4 is 14.8 Å². The molecule has 0 saturated carbocycles. The van der Waals surface area contributed by atoms with E-state index < -0.39 is 10.0 Å². The molecule has 0 fully saturated rings. The maximum atomic E-state index is 12.3. The van der Waals surface area contributed by atoms with Crippen LogP contribution in [0.15, 0.2) is 47.4 Å². The third-order valence-electron chi connectivity index (χ3n) is 4.01. The Kier molecular flexibility index (Phi) is 7.38. The predicted octanol–water partition coefficient (Wildman–Crippen LogP) is 3.40. The van der Waals surface area contributed by atoms with E-state index in [1.165, 1.54) is 12.1 Å². The highest BCUT2D eigenvalue weighted by atomic mass is 32.2. The number of amides is 1. The van der Waals surface area contributed by atoms with E-state index in [9.17, 15) is 13.2 Å². The van der Waals surface area contributed by atoms with Gasteiger partial charge < -0.3 is 10.1 Å². The third kappa shape index (κ3) is 6.08. The summed E-state index contributed by atoms with van der Waals surface area (Å²) >= 11 is 0. The van der Waals surface area contributed by atoms with Crippen LogP contribution in [-0.4, -0.2) is 27.5 Å². The zero-order chi connectivity index (χ0) is 19.9. The molecule has 2 rings (SSSR count). The van der Waals surface area contributed by atoms with Gasteiger partial charge in [0.2, 0.25) is 10.0 Å². The molecule has 0 aliphatic rings. The second kappa shape index (κ2) is 9.53. The minimum atomic E-state index is -3.59. The van der Waals surface area contributed by atoms with Gasteiger partial charge in [-0.3, -0.25) is 4.79 Å². The largest absolute Gasteiger partial charge is 0.483 e. The summed E-state index contributed by atoms with van der Waals surface area (Å²) < 4.78 is 32.7. The van der Waals surface area contributed by atoms with E-state index >= 15 is 0 Å². The van der Waals surface area contributed by atoms with E-state index in [4.69, 9.17) is 4.74 Å². The van der Waals surface area contributed by atoms with Gasteiger partial charge in [-0.15, -0.1) is 0 Å². The summed E-state index contributed by atoms with van der Waals surface area (Å²) in [5.74, 6) is 0.329. The zero-order valence-corrected chi connectivity index (χ0v) is 16.7. The molecule has 0 aliphatic heterocycles. The van der Waals surface area contributed by atoms with Gasteiger partial charge in [-0.25, -0.2) is 13.1 Å². The Morgan fingerprint density at radius 1 is 1.07 bits per heavy atom. The molecule has 0 atom stereocenters. The maximum absolute atomic E-state index is 12.3. The molecule has 2 N–H and O–H groups in total. The van der Waals surface area contributed by atoms with Crippen molar-refractivity contribution in [2.24, 2.45) is 0 Å². The molecule has 1 amide bonds. The number of aryl methyl sites for hydroxylation is 2. The average molecular weight is 391 g/mol. The van der Waals surface area contributed by atoms with Gasteiger partial charge in [-0.05, 0) is 49.6 Å². The van der Waals surface area contributed by atoms with Crippen LogP contribution in [0.5, 0.6) is 5.75 Å². The summed E-state index contributed by atoms with van der Waals surface area (Å²) in [7, 11) is -3.59. The number of sulfonamides is 1. The molecule has 6 nitrogen and oxygen atoms in total. The van der Waals surface area contributed by atoms with Gasteiger partial charge in [0.25, 0.3) is 5.91 Å². The number of unbranched alkanes of at least 4 members (excludes halogenated alkanes) is 1. The predicted molar refractivity (Wildman–Crippen MR) is 107 cm³/mol. The first-order valence-corrected chi connectivity index (χ1v) is 10.4. The first-order chi connectivity index (χ1) is 12.8. The van der Waals surface area contributed by atoms with Crippen molar-refractivity contribution in [3.8, 4) is 5.75 Å². The highest BCUT2D eigenvalue weighted by Gasteiger charge is 2.14. The number of carbonyl (C=O) groups excluding carboxylic acids is 1. The third-order valence-corrected chi connectivity index (χ3v) is 5.47. The number of nitrogens with one attached hydrogen (secondary N) is 2. The SMILES string of the molecule is CCCCNS(=O)(=O)c1cccc(NC(=O)COc2c(C)cccc2C)c1. The van der Waals surface area contributed by atoms with E-state index in [-0.39, 0.29) is 17.4 Å². The van der Waals surface area contributed by atoms with Crippen LogP contribution in [-0.2, 0) is 14.8 Å². The van der Waals surface area contributed by atoms with Crippen LogP contribution in [0.2, 0.25) is 0 Å². The first-order valence-electron chi connectivity index (χ1n) is 8.92. The Balaban J connectivity index is 2.00. The zero-order valence-electron chi connectivity index (χ0n) is 15.9. The topological polar surface area (TPSA) is 84.5 Å². The standard InChI is InChI=1S/C20H26N2O4S/c1-4-5-12-21-27(24,25)18-11-7-10-17(13-18)22-19(23)14-26-20-15(2)8-6-9-16(20)3/h6-11,13,21H,4-5,12,14H2,1-3H3,(H,22,23). The van der Waals surface area contributed by atoms with Crippen molar-refractivity contribution in [2.45, 2.75) is 38.5 Å². The minimum Gasteiger partial charge on any atom is -0.483 e. The molecule has 0 aromatic heterocycles. The van der Waals surface area contributed by atoms with Gasteiger partial charge in [0.05, 0.1) is 4.90 Å². The molecule has 7 heteroatoms. The second-order valence-corrected chi connectivity index (χ2v) is 8.10. The lowest BCUT2D eigenvalue weighted by Gasteiger charge is -2.12. The van der Waals surface area contributed by atoms with Crippen LogP contribution in [0.25, 0.3) is 0 Å². The summed E-state index contributed by atoms with van der Waals surface area (Å²) in [6, 6.07) is 11.9. The van der Waals surface area contributed by atoms with Gasteiger partial charge in [-0.2, -0.15) is 0 Å². The Labute approximate surface area is 161 Å². The van der Waals surface area contributed by atoms with Gasteiger partial charge in [-0.1, -0.05) is 37.6 Å². The number of ether oxygens (including phenoxy) is 1. The monoisotopic (exact) mass is 390 g/mol. The van der Waals surface area contributed by atoms with Crippen LogP contribution in [0, 0.1) is 13.8 Å². The normalized spacial score (nSPS) is 11.2. The highest BCUT2D eigenvalue weighted by Crippen LogP contribution is 2.22. The molecule has 2 aromatic carbocycles. The van der Waals surface area contributed by atoms with Gasteiger partial charge >= 0.3 is 0 Å². The fourth-order valence-electron chi connectivity index (χ4n) is 2.57. The van der Waals surface area contributed by atoms with Crippen molar-refractivity contribution in [3.63, 3.8) is 0 Å². The lowest BCUT2D eigenvalue weighted by atomic mass is 10.1. The van der Waals surface area contributed by atoms with E-state index in [0.717, 1.165) is 24.0 Å². The summed E-state index contributed by atoms with van der Waals surface area (Å²) in [6.45, 7) is 6.06. The molecule has 146 valence electrons. The van der Waals surface area contributed by atoms with Crippen molar-refractivity contribution in [1.82, 2.24) is 4.72 Å². The van der Waals surface area contributed by atoms with Crippen molar-refractivity contribution in [2.75, 3.05) is 18.5 Å². The molecule has 0 saturated heterocycles. The molecule has 0 unspecified atom stereocenters. The fraction of sp³-hybridized carbons (Fsp3) is 0.350. The Hall–Kier alpha value is -2.38. The summed E-state index contributed by atoms with van der Waals surface area (Å²) in [4.78, 5) is 12.3. The lowest BCUT2D eigenvalue weighted by molar-refractivity contribution is -0.118. The van der Waals surface area contributed by atoms with Gasteiger partial charge in [0.15, 0.2) is 6.61 Å². The van der Waals surface area contributed by atoms with E-state index in [0.29, 0.717) is 18.0 Å². The number of carbonyl (C=O) groups is 1. The molecular formula is C20H26N2O4S. The number of anilines is 1. The van der Waals surface area contributed by atoms with Crippen LogP contribution >= 0.6 is 0 Å². The molecule has 0 bridgehead atoms.